The third-order valence-corrected chi connectivity index (χ3v) is 2.74. The van der Waals surface area contributed by atoms with Crippen LogP contribution in [0.4, 0.5) is 79.0 Å². The number of hydrogen-bond acceptors (Lipinski definition) is 1. The summed E-state index contributed by atoms with van der Waals surface area (Å²) in [6, 6.07) is 0. The second-order valence-electron chi connectivity index (χ2n) is 4.59. The van der Waals surface area contributed by atoms with Gasteiger partial charge >= 0.3 is 48.2 Å². The molecule has 0 aliphatic rings. The Morgan fingerprint density at radius 3 is 0.655 bits per heavy atom. The van der Waals surface area contributed by atoms with Crippen molar-refractivity contribution >= 4 is 0 Å². The zero-order chi connectivity index (χ0) is 24.0. The molecule has 0 spiro atoms. The van der Waals surface area contributed by atoms with Crippen LogP contribution in [0.1, 0.15) is 0 Å². The highest BCUT2D eigenvalue weighted by atomic mass is 19.4. The molecular weight excluding hydrogens is 478 g/mol. The molecule has 0 N–H and O–H groups in total. The van der Waals surface area contributed by atoms with E-state index in [4.69, 9.17) is 0 Å². The lowest BCUT2D eigenvalue weighted by Crippen LogP contribution is -2.58. The molecule has 0 fully saturated rings. The normalized spacial score (nSPS) is 14.6. The Hall–Kier alpha value is -1.98. The summed E-state index contributed by atoms with van der Waals surface area (Å²) in [6.07, 6.45) is -40.2. The lowest BCUT2D eigenvalue weighted by Gasteiger charge is -2.34. The van der Waals surface area contributed by atoms with Crippen molar-refractivity contribution in [2.75, 3.05) is 0 Å². The van der Waals surface area contributed by atoms with Gasteiger partial charge in [0.2, 0.25) is 11.5 Å². The summed E-state index contributed by atoms with van der Waals surface area (Å²) in [5.41, 5.74) is -15.2. The van der Waals surface area contributed by atoms with Gasteiger partial charge in [0.05, 0.1) is 0 Å². The van der Waals surface area contributed by atoms with Crippen molar-refractivity contribution in [2.45, 2.75) is 36.0 Å². The number of halogens is 18. The lowest BCUT2D eigenvalue weighted by atomic mass is 10.00. The van der Waals surface area contributed by atoms with Crippen molar-refractivity contribution < 1.29 is 83.8 Å². The Balaban J connectivity index is 7.10. The van der Waals surface area contributed by atoms with Crippen LogP contribution < -0.4 is 0 Å². The van der Waals surface area contributed by atoms with Gasteiger partial charge in [-0.15, -0.1) is 0 Å². The van der Waals surface area contributed by atoms with Gasteiger partial charge in [0.1, 0.15) is 0 Å². The van der Waals surface area contributed by atoms with E-state index in [1.165, 1.54) is 0 Å². The fourth-order valence-electron chi connectivity index (χ4n) is 1.42. The molecule has 1 nitrogen and oxygen atoms in total. The van der Waals surface area contributed by atoms with Crippen LogP contribution >= 0.6 is 0 Å². The first-order valence-corrected chi connectivity index (χ1v) is 5.81. The minimum Gasteiger partial charge on any atom is -0.446 e. The van der Waals surface area contributed by atoms with E-state index >= 15 is 0 Å². The Morgan fingerprint density at radius 1 is 0.379 bits per heavy atom. The number of hydrogen-bond donors (Lipinski definition) is 0. The van der Waals surface area contributed by atoms with Gasteiger partial charge in [-0.3, -0.25) is 0 Å². The zero-order valence-electron chi connectivity index (χ0n) is 12.2. The molecule has 0 aromatic carbocycles. The number of rotatable bonds is 4. The second kappa shape index (κ2) is 7.37. The van der Waals surface area contributed by atoms with E-state index in [2.05, 4.69) is 0 Å². The van der Waals surface area contributed by atoms with E-state index in [1.807, 2.05) is 4.74 Å². The number of ether oxygens (including phenoxy) is 1. The van der Waals surface area contributed by atoms with Crippen molar-refractivity contribution in [1.82, 2.24) is 0 Å². The monoisotopic (exact) mass is 478 g/mol. The molecule has 0 amide bonds. The smallest absolute Gasteiger partial charge is 0.439 e. The van der Waals surface area contributed by atoms with Gasteiger partial charge < -0.3 is 4.74 Å². The molecule has 0 aromatic heterocycles. The Morgan fingerprint density at radius 2 is 0.552 bits per heavy atom. The van der Waals surface area contributed by atoms with E-state index in [9.17, 15) is 79.0 Å². The first-order valence-electron chi connectivity index (χ1n) is 5.81. The van der Waals surface area contributed by atoms with Crippen LogP contribution in [-0.4, -0.2) is 36.0 Å². The van der Waals surface area contributed by atoms with E-state index in [0.29, 0.717) is 0 Å². The highest BCUT2D eigenvalue weighted by Crippen LogP contribution is 2.56. The summed E-state index contributed by atoms with van der Waals surface area (Å²) in [5, 5.41) is 0. The third-order valence-electron chi connectivity index (χ3n) is 2.74. The summed E-state index contributed by atoms with van der Waals surface area (Å²) in [6.45, 7) is 0. The predicted octanol–water partition coefficient (Wildman–Crippen LogP) is 6.89. The van der Waals surface area contributed by atoms with Crippen LogP contribution in [0.25, 0.3) is 0 Å². The molecule has 0 bridgehead atoms. The molecule has 0 atom stereocenters. The van der Waals surface area contributed by atoms with E-state index in [0.717, 1.165) is 0 Å². The fourth-order valence-corrected chi connectivity index (χ4v) is 1.42. The molecule has 172 valence electrons. The highest BCUT2D eigenvalue weighted by molar-refractivity contribution is 5.26. The molecule has 0 aromatic rings. The average molecular weight is 478 g/mol. The maximum Gasteiger partial charge on any atom is 0.439 e. The molecule has 0 aliphatic heterocycles. The summed E-state index contributed by atoms with van der Waals surface area (Å²) in [4.78, 5) is 0. The molecule has 0 saturated carbocycles. The van der Waals surface area contributed by atoms with Gasteiger partial charge in [-0.05, 0) is 0 Å². The first-order chi connectivity index (χ1) is 12.4. The van der Waals surface area contributed by atoms with Gasteiger partial charge in [0, 0.05) is 0 Å². The fraction of sp³-hybridized carbons (Fsp3) is 0.600. The topological polar surface area (TPSA) is 9.23 Å². The third kappa shape index (κ3) is 4.46. The summed E-state index contributed by atoms with van der Waals surface area (Å²) in [7, 11) is 0. The highest BCUT2D eigenvalue weighted by Gasteiger charge is 2.81. The van der Waals surface area contributed by atoms with Gasteiger partial charge in [0.25, 0.3) is 0 Å². The van der Waals surface area contributed by atoms with E-state index in [1.54, 1.807) is 0 Å². The van der Waals surface area contributed by atoms with Crippen LogP contribution in [0.5, 0.6) is 0 Å². The van der Waals surface area contributed by atoms with Crippen molar-refractivity contribution in [3.05, 3.63) is 23.7 Å². The molecule has 0 unspecified atom stereocenters. The van der Waals surface area contributed by atoms with Crippen molar-refractivity contribution in [1.29, 1.82) is 0 Å². The maximum absolute atomic E-state index is 13.5. The van der Waals surface area contributed by atoms with E-state index < -0.39 is 59.7 Å². The SMILES string of the molecule is FC(F)=C(OC(=C(F)F)C(F)(C(F)(F)F)C(F)(F)F)C(F)(C(F)(F)F)C(F)(F)F. The maximum atomic E-state index is 13.5. The van der Waals surface area contributed by atoms with Crippen LogP contribution in [0.3, 0.4) is 0 Å². The Kier molecular flexibility index (Phi) is 6.86. The van der Waals surface area contributed by atoms with Crippen LogP contribution in [0.2, 0.25) is 0 Å². The summed E-state index contributed by atoms with van der Waals surface area (Å²) < 4.78 is 227. The van der Waals surface area contributed by atoms with Gasteiger partial charge in [-0.1, -0.05) is 0 Å². The molecule has 19 heteroatoms. The van der Waals surface area contributed by atoms with E-state index in [-0.39, 0.29) is 0 Å². The molecule has 29 heavy (non-hydrogen) atoms. The quantitative estimate of drug-likeness (QED) is 0.316. The van der Waals surface area contributed by atoms with Gasteiger partial charge in [-0.25, -0.2) is 8.78 Å². The van der Waals surface area contributed by atoms with Gasteiger partial charge in [-0.2, -0.15) is 70.2 Å². The molecular formula is C10F18O. The predicted molar refractivity (Wildman–Crippen MR) is 51.5 cm³/mol. The largest absolute Gasteiger partial charge is 0.446 e. The zero-order valence-corrected chi connectivity index (χ0v) is 12.2. The second-order valence-corrected chi connectivity index (χ2v) is 4.59. The Bertz CT molecular complexity index is 575. The van der Waals surface area contributed by atoms with Crippen molar-refractivity contribution in [3.8, 4) is 0 Å². The van der Waals surface area contributed by atoms with Crippen molar-refractivity contribution in [2.24, 2.45) is 0 Å². The summed E-state index contributed by atoms with van der Waals surface area (Å²) in [5.74, 6) is -9.67. The van der Waals surface area contributed by atoms with Crippen LogP contribution in [0, 0.1) is 0 Å². The number of allylic oxidation sites excluding steroid dienone is 2. The first kappa shape index (κ1) is 27.0. The lowest BCUT2D eigenvalue weighted by molar-refractivity contribution is -0.347. The molecule has 0 aliphatic carbocycles. The number of alkyl halides is 14. The van der Waals surface area contributed by atoms with Crippen LogP contribution in [-0.2, 0) is 4.74 Å². The Labute approximate surface area is 145 Å². The minimum absolute atomic E-state index is 2.04. The van der Waals surface area contributed by atoms with Crippen LogP contribution in [0.15, 0.2) is 23.7 Å². The minimum atomic E-state index is -7.66. The standard InChI is InChI=1S/C10F18O/c11-3(12)1(5(15,7(17,18)19)8(20,21)22)29-2(4(13)14)6(16,9(23,24)25)10(26,27)28. The summed E-state index contributed by atoms with van der Waals surface area (Å²) >= 11 is 0. The molecule has 0 saturated heterocycles. The molecule has 0 radical (unpaired) electrons. The molecule has 0 heterocycles. The molecule has 0 rings (SSSR count). The van der Waals surface area contributed by atoms with Gasteiger partial charge in [0.15, 0.2) is 0 Å². The van der Waals surface area contributed by atoms with Crippen molar-refractivity contribution in [3.63, 3.8) is 0 Å². The average Bonchev–Trinajstić information content (AvgIpc) is 2.40.